The molecule has 2 fully saturated rings. The van der Waals surface area contributed by atoms with Crippen molar-refractivity contribution in [1.82, 2.24) is 14.9 Å². The summed E-state index contributed by atoms with van der Waals surface area (Å²) in [5, 5.41) is 6.25. The summed E-state index contributed by atoms with van der Waals surface area (Å²) < 4.78 is 27.3. The smallest absolute Gasteiger partial charge is 0.251 e. The molecule has 26 heavy (non-hydrogen) atoms. The summed E-state index contributed by atoms with van der Waals surface area (Å²) in [6.45, 7) is 2.87. The second-order valence-electron chi connectivity index (χ2n) is 6.86. The molecule has 8 heteroatoms. The van der Waals surface area contributed by atoms with Gasteiger partial charge in [-0.05, 0) is 50.4 Å². The molecule has 6 nitrogen and oxygen atoms in total. The van der Waals surface area contributed by atoms with Crippen LogP contribution in [-0.2, 0) is 10.0 Å². The Balaban J connectivity index is 0.00000243. The normalized spacial score (nSPS) is 22.1. The number of sulfonamides is 1. The fraction of sp³-hybridized carbons (Fsp3) is 0.611. The summed E-state index contributed by atoms with van der Waals surface area (Å²) in [5.41, 5.74) is 0.404. The molecule has 0 bridgehead atoms. The van der Waals surface area contributed by atoms with Gasteiger partial charge in [0.1, 0.15) is 0 Å². The second-order valence-corrected chi connectivity index (χ2v) is 8.80. The van der Waals surface area contributed by atoms with Crippen LogP contribution in [0.5, 0.6) is 0 Å². The van der Waals surface area contributed by atoms with Gasteiger partial charge in [-0.3, -0.25) is 4.79 Å². The zero-order valence-corrected chi connectivity index (χ0v) is 16.6. The fourth-order valence-electron chi connectivity index (χ4n) is 3.47. The number of hydrogen-bond acceptors (Lipinski definition) is 4. The van der Waals surface area contributed by atoms with E-state index in [2.05, 4.69) is 10.6 Å². The van der Waals surface area contributed by atoms with E-state index in [1.54, 1.807) is 22.5 Å². The van der Waals surface area contributed by atoms with Gasteiger partial charge in [0, 0.05) is 31.2 Å². The van der Waals surface area contributed by atoms with E-state index in [0.29, 0.717) is 18.7 Å². The highest BCUT2D eigenvalue weighted by atomic mass is 35.5. The summed E-state index contributed by atoms with van der Waals surface area (Å²) in [6, 6.07) is 6.52. The van der Waals surface area contributed by atoms with Crippen LogP contribution < -0.4 is 10.6 Å². The van der Waals surface area contributed by atoms with E-state index in [0.717, 1.165) is 51.6 Å². The lowest BCUT2D eigenvalue weighted by molar-refractivity contribution is 0.0930. The fourth-order valence-corrected chi connectivity index (χ4v) is 5.04. The molecule has 1 amide bonds. The minimum atomic E-state index is -3.53. The maximum absolute atomic E-state index is 12.9. The van der Waals surface area contributed by atoms with Gasteiger partial charge in [-0.15, -0.1) is 12.4 Å². The van der Waals surface area contributed by atoms with Crippen LogP contribution in [0.25, 0.3) is 0 Å². The first kappa shape index (κ1) is 21.2. The highest BCUT2D eigenvalue weighted by Gasteiger charge is 2.26. The van der Waals surface area contributed by atoms with E-state index >= 15 is 0 Å². The van der Waals surface area contributed by atoms with Crippen LogP contribution in [0.4, 0.5) is 0 Å². The first-order valence-electron chi connectivity index (χ1n) is 9.19. The van der Waals surface area contributed by atoms with Crippen molar-refractivity contribution in [2.75, 3.05) is 26.2 Å². The first-order valence-corrected chi connectivity index (χ1v) is 10.6. The lowest BCUT2D eigenvalue weighted by Crippen LogP contribution is -2.45. The lowest BCUT2D eigenvalue weighted by atomic mass is 10.1. The molecule has 0 radical (unpaired) electrons. The van der Waals surface area contributed by atoms with Gasteiger partial charge in [0.2, 0.25) is 10.0 Å². The molecule has 1 atom stereocenters. The molecule has 0 aromatic heterocycles. The summed E-state index contributed by atoms with van der Waals surface area (Å²) in [4.78, 5) is 12.7. The van der Waals surface area contributed by atoms with Crippen molar-refractivity contribution in [1.29, 1.82) is 0 Å². The van der Waals surface area contributed by atoms with Gasteiger partial charge in [0.15, 0.2) is 0 Å². The number of rotatable bonds is 4. The van der Waals surface area contributed by atoms with Gasteiger partial charge in [0.25, 0.3) is 5.91 Å². The third-order valence-corrected chi connectivity index (χ3v) is 6.83. The van der Waals surface area contributed by atoms with Crippen molar-refractivity contribution >= 4 is 28.3 Å². The Morgan fingerprint density at radius 2 is 1.85 bits per heavy atom. The molecule has 0 saturated carbocycles. The topological polar surface area (TPSA) is 78.5 Å². The van der Waals surface area contributed by atoms with Crippen molar-refractivity contribution in [3.8, 4) is 0 Å². The molecular weight excluding hydrogens is 374 g/mol. The van der Waals surface area contributed by atoms with E-state index in [9.17, 15) is 13.2 Å². The first-order chi connectivity index (χ1) is 12.1. The number of benzene rings is 1. The molecule has 0 unspecified atom stereocenters. The second kappa shape index (κ2) is 9.69. The summed E-state index contributed by atoms with van der Waals surface area (Å²) in [6.07, 6.45) is 5.93. The van der Waals surface area contributed by atoms with Crippen molar-refractivity contribution in [3.05, 3.63) is 29.8 Å². The summed E-state index contributed by atoms with van der Waals surface area (Å²) in [5.74, 6) is -0.207. The number of hydrogen-bond donors (Lipinski definition) is 2. The lowest BCUT2D eigenvalue weighted by Gasteiger charge is -2.24. The minimum Gasteiger partial charge on any atom is -0.348 e. The Morgan fingerprint density at radius 3 is 2.50 bits per heavy atom. The Bertz CT molecular complexity index is 697. The quantitative estimate of drug-likeness (QED) is 0.810. The number of halogens is 1. The average Bonchev–Trinajstić information content (AvgIpc) is 2.93. The molecule has 2 aliphatic rings. The van der Waals surface area contributed by atoms with E-state index < -0.39 is 10.0 Å². The molecule has 2 saturated heterocycles. The number of carbonyl (C=O) groups excluding carboxylic acids is 1. The third-order valence-electron chi connectivity index (χ3n) is 4.93. The highest BCUT2D eigenvalue weighted by molar-refractivity contribution is 7.89. The molecular formula is C18H28ClN3O3S. The van der Waals surface area contributed by atoms with Crippen LogP contribution in [0.15, 0.2) is 29.2 Å². The Morgan fingerprint density at radius 1 is 1.12 bits per heavy atom. The average molecular weight is 402 g/mol. The Kier molecular flexibility index (Phi) is 7.88. The maximum atomic E-state index is 12.9. The predicted molar refractivity (Wildman–Crippen MR) is 104 cm³/mol. The van der Waals surface area contributed by atoms with Crippen molar-refractivity contribution in [3.63, 3.8) is 0 Å². The molecule has 2 aliphatic heterocycles. The molecule has 3 rings (SSSR count). The number of carbonyl (C=O) groups is 1. The Labute approximate surface area is 162 Å². The zero-order valence-electron chi connectivity index (χ0n) is 14.9. The summed E-state index contributed by atoms with van der Waals surface area (Å²) >= 11 is 0. The van der Waals surface area contributed by atoms with Gasteiger partial charge >= 0.3 is 0 Å². The highest BCUT2D eigenvalue weighted by Crippen LogP contribution is 2.21. The van der Waals surface area contributed by atoms with Crippen LogP contribution in [0.1, 0.15) is 48.9 Å². The van der Waals surface area contributed by atoms with Gasteiger partial charge < -0.3 is 10.6 Å². The minimum absolute atomic E-state index is 0. The monoisotopic (exact) mass is 401 g/mol. The van der Waals surface area contributed by atoms with Gasteiger partial charge in [-0.2, -0.15) is 4.31 Å². The van der Waals surface area contributed by atoms with Crippen LogP contribution >= 0.6 is 12.4 Å². The van der Waals surface area contributed by atoms with Crippen LogP contribution in [0.3, 0.4) is 0 Å². The van der Waals surface area contributed by atoms with Crippen LogP contribution in [-0.4, -0.2) is 50.9 Å². The van der Waals surface area contributed by atoms with Crippen molar-refractivity contribution in [2.45, 2.75) is 49.5 Å². The largest absolute Gasteiger partial charge is 0.348 e. The molecule has 1 aromatic carbocycles. The van der Waals surface area contributed by atoms with E-state index in [1.165, 1.54) is 6.07 Å². The van der Waals surface area contributed by atoms with Gasteiger partial charge in [-0.25, -0.2) is 8.42 Å². The molecule has 2 N–H and O–H groups in total. The maximum Gasteiger partial charge on any atom is 0.251 e. The van der Waals surface area contributed by atoms with Crippen molar-refractivity contribution < 1.29 is 13.2 Å². The van der Waals surface area contributed by atoms with Gasteiger partial charge in [-0.1, -0.05) is 18.9 Å². The molecule has 1 aromatic rings. The van der Waals surface area contributed by atoms with E-state index in [-0.39, 0.29) is 29.3 Å². The number of piperidine rings is 1. The molecule has 146 valence electrons. The molecule has 0 aliphatic carbocycles. The zero-order chi connectivity index (χ0) is 17.7. The van der Waals surface area contributed by atoms with Crippen LogP contribution in [0, 0.1) is 0 Å². The van der Waals surface area contributed by atoms with E-state index in [1.807, 2.05) is 0 Å². The van der Waals surface area contributed by atoms with Crippen molar-refractivity contribution in [2.24, 2.45) is 0 Å². The number of amides is 1. The molecule has 0 spiro atoms. The predicted octanol–water partition coefficient (Wildman–Crippen LogP) is 2.15. The molecule has 2 heterocycles. The standard InChI is InChI=1S/C18H27N3O3S.ClH/c22-18(20-16-8-6-10-19-14-16)15-7-5-9-17(13-15)25(23,24)21-11-3-1-2-4-12-21;/h5,7,9,13,16,19H,1-4,6,8,10-12,14H2,(H,20,22);1H/t16-;/m0./s1. The Hall–Kier alpha value is -1.15. The summed E-state index contributed by atoms with van der Waals surface area (Å²) in [7, 11) is -3.53. The SMILES string of the molecule is Cl.O=C(N[C@H]1CCCNC1)c1cccc(S(=O)(=O)N2CCCCCC2)c1. The number of nitrogens with one attached hydrogen (secondary N) is 2. The van der Waals surface area contributed by atoms with E-state index in [4.69, 9.17) is 0 Å². The number of nitrogens with zero attached hydrogens (tertiary/aromatic N) is 1. The van der Waals surface area contributed by atoms with Gasteiger partial charge in [0.05, 0.1) is 4.90 Å². The third kappa shape index (κ3) is 5.19. The van der Waals surface area contributed by atoms with Crippen LogP contribution in [0.2, 0.25) is 0 Å².